The number of aliphatic hydroxyl groups excluding tert-OH is 1. The van der Waals surface area contributed by atoms with Crippen LogP contribution in [0.5, 0.6) is 0 Å². The third-order valence-electron chi connectivity index (χ3n) is 4.05. The Hall–Kier alpha value is -0.940. The largest absolute Gasteiger partial charge is 0.388 e. The first-order chi connectivity index (χ1) is 8.81. The summed E-state index contributed by atoms with van der Waals surface area (Å²) < 4.78 is 11.2. The molecule has 18 heavy (non-hydrogen) atoms. The fourth-order valence-corrected chi connectivity index (χ4v) is 2.93. The minimum Gasteiger partial charge on any atom is -0.388 e. The van der Waals surface area contributed by atoms with Gasteiger partial charge in [-0.1, -0.05) is 30.3 Å². The summed E-state index contributed by atoms with van der Waals surface area (Å²) in [6.07, 6.45) is -1.05. The second-order valence-corrected chi connectivity index (χ2v) is 5.13. The van der Waals surface area contributed by atoms with E-state index in [9.17, 15) is 5.11 Å². The van der Waals surface area contributed by atoms with Crippen molar-refractivity contribution >= 4 is 0 Å². The smallest absolute Gasteiger partial charge is 0.184 e. The highest BCUT2D eigenvalue weighted by Gasteiger charge is 2.58. The van der Waals surface area contributed by atoms with E-state index in [1.807, 2.05) is 30.3 Å². The molecular formula is C14H19NO3. The fraction of sp³-hybridized carbons (Fsp3) is 0.571. The number of ether oxygens (including phenoxy) is 2. The summed E-state index contributed by atoms with van der Waals surface area (Å²) in [5.74, 6) is 1.11. The average Bonchev–Trinajstić information content (AvgIpc) is 3.13. The van der Waals surface area contributed by atoms with Crippen molar-refractivity contribution in [3.05, 3.63) is 35.9 Å². The monoisotopic (exact) mass is 249 g/mol. The second-order valence-electron chi connectivity index (χ2n) is 5.13. The van der Waals surface area contributed by atoms with Crippen LogP contribution in [0, 0.1) is 17.8 Å². The fourth-order valence-electron chi connectivity index (χ4n) is 2.93. The number of rotatable bonds is 4. The Labute approximate surface area is 107 Å². The number of hydrogen-bond donors (Lipinski definition) is 2. The molecule has 1 aliphatic carbocycles. The van der Waals surface area contributed by atoms with Crippen molar-refractivity contribution in [2.75, 3.05) is 13.2 Å². The van der Waals surface area contributed by atoms with E-state index in [4.69, 9.17) is 15.2 Å². The van der Waals surface area contributed by atoms with E-state index in [-0.39, 0.29) is 5.92 Å². The van der Waals surface area contributed by atoms with Crippen LogP contribution < -0.4 is 5.73 Å². The lowest BCUT2D eigenvalue weighted by Gasteiger charge is -2.27. The van der Waals surface area contributed by atoms with Crippen LogP contribution in [-0.2, 0) is 16.1 Å². The normalized spacial score (nSPS) is 38.2. The first-order valence-corrected chi connectivity index (χ1v) is 6.46. The zero-order valence-corrected chi connectivity index (χ0v) is 10.2. The Balaban J connectivity index is 1.55. The number of hydrogen-bond acceptors (Lipinski definition) is 4. The minimum absolute atomic E-state index is 0.268. The Morgan fingerprint density at radius 3 is 2.83 bits per heavy atom. The minimum atomic E-state index is -0.541. The molecule has 3 rings (SSSR count). The maximum absolute atomic E-state index is 10.2. The Morgan fingerprint density at radius 1 is 1.33 bits per heavy atom. The Bertz CT molecular complexity index is 393. The Morgan fingerprint density at radius 2 is 2.11 bits per heavy atom. The highest BCUT2D eigenvalue weighted by atomic mass is 16.7. The second kappa shape index (κ2) is 4.97. The molecule has 3 N–H and O–H groups in total. The molecule has 4 heteroatoms. The van der Waals surface area contributed by atoms with Crippen LogP contribution in [0.4, 0.5) is 0 Å². The van der Waals surface area contributed by atoms with Crippen LogP contribution in [0.15, 0.2) is 30.3 Å². The molecule has 2 fully saturated rings. The van der Waals surface area contributed by atoms with E-state index < -0.39 is 12.4 Å². The summed E-state index contributed by atoms with van der Waals surface area (Å²) in [6.45, 7) is 1.75. The van der Waals surface area contributed by atoms with Gasteiger partial charge < -0.3 is 20.3 Å². The van der Waals surface area contributed by atoms with Crippen molar-refractivity contribution in [3.63, 3.8) is 0 Å². The molecule has 1 aromatic carbocycles. The van der Waals surface area contributed by atoms with Crippen LogP contribution in [-0.4, -0.2) is 30.7 Å². The number of fused-ring (bicyclic) bond motifs is 1. The van der Waals surface area contributed by atoms with Gasteiger partial charge in [0.25, 0.3) is 0 Å². The van der Waals surface area contributed by atoms with Gasteiger partial charge in [-0.2, -0.15) is 0 Å². The zero-order chi connectivity index (χ0) is 12.5. The molecule has 0 spiro atoms. The molecule has 1 saturated heterocycles. The SMILES string of the molecule is NC[C@@H]1[C@H]2CO[C@H](OCc3ccccc3)[C@H](O)[C@@H]12. The highest BCUT2D eigenvalue weighted by Crippen LogP contribution is 2.52. The van der Waals surface area contributed by atoms with Crippen molar-refractivity contribution < 1.29 is 14.6 Å². The molecule has 0 aromatic heterocycles. The van der Waals surface area contributed by atoms with E-state index in [0.717, 1.165) is 5.56 Å². The van der Waals surface area contributed by atoms with Gasteiger partial charge in [-0.3, -0.25) is 0 Å². The molecule has 1 heterocycles. The van der Waals surface area contributed by atoms with Gasteiger partial charge in [0, 0.05) is 0 Å². The van der Waals surface area contributed by atoms with Gasteiger partial charge in [-0.25, -0.2) is 0 Å². The van der Waals surface area contributed by atoms with Gasteiger partial charge in [0.2, 0.25) is 0 Å². The predicted molar refractivity (Wildman–Crippen MR) is 66.5 cm³/mol. The van der Waals surface area contributed by atoms with E-state index in [2.05, 4.69) is 0 Å². The summed E-state index contributed by atoms with van der Waals surface area (Å²) in [4.78, 5) is 0. The lowest BCUT2D eigenvalue weighted by atomic mass is 10.1. The van der Waals surface area contributed by atoms with Gasteiger partial charge in [0.05, 0.1) is 13.2 Å². The third-order valence-corrected chi connectivity index (χ3v) is 4.05. The summed E-state index contributed by atoms with van der Waals surface area (Å²) in [7, 11) is 0. The number of aliphatic hydroxyl groups is 1. The topological polar surface area (TPSA) is 64.7 Å². The predicted octanol–water partition coefficient (Wildman–Crippen LogP) is 0.741. The molecule has 0 amide bonds. The van der Waals surface area contributed by atoms with Crippen molar-refractivity contribution in [2.24, 2.45) is 23.5 Å². The van der Waals surface area contributed by atoms with E-state index >= 15 is 0 Å². The summed E-state index contributed by atoms with van der Waals surface area (Å²) >= 11 is 0. The van der Waals surface area contributed by atoms with E-state index in [1.54, 1.807) is 0 Å². The third kappa shape index (κ3) is 2.17. The van der Waals surface area contributed by atoms with Crippen molar-refractivity contribution in [3.8, 4) is 0 Å². The van der Waals surface area contributed by atoms with Crippen molar-refractivity contribution in [1.29, 1.82) is 0 Å². The average molecular weight is 249 g/mol. The summed E-state index contributed by atoms with van der Waals surface area (Å²) in [5.41, 5.74) is 6.74. The maximum Gasteiger partial charge on any atom is 0.184 e. The summed E-state index contributed by atoms with van der Waals surface area (Å²) in [6, 6.07) is 9.90. The molecule has 1 saturated carbocycles. The van der Waals surface area contributed by atoms with Gasteiger partial charge in [0.15, 0.2) is 6.29 Å². The quantitative estimate of drug-likeness (QED) is 0.826. The van der Waals surface area contributed by atoms with Crippen molar-refractivity contribution in [1.82, 2.24) is 0 Å². The van der Waals surface area contributed by atoms with Crippen LogP contribution in [0.1, 0.15) is 5.56 Å². The van der Waals surface area contributed by atoms with E-state index in [1.165, 1.54) is 0 Å². The lowest BCUT2D eigenvalue weighted by Crippen LogP contribution is -2.38. The van der Waals surface area contributed by atoms with Crippen LogP contribution in [0.3, 0.4) is 0 Å². The van der Waals surface area contributed by atoms with Crippen LogP contribution >= 0.6 is 0 Å². The standard InChI is InChI=1S/C14H19NO3/c15-6-10-11-8-18-14(13(16)12(10)11)17-7-9-4-2-1-3-5-9/h1-5,10-14,16H,6-8,15H2/t10-,11-,12+,13-,14+/m1/s1. The maximum atomic E-state index is 10.2. The molecule has 1 aliphatic heterocycles. The zero-order valence-electron chi connectivity index (χ0n) is 10.2. The molecular weight excluding hydrogens is 230 g/mol. The van der Waals surface area contributed by atoms with Crippen LogP contribution in [0.25, 0.3) is 0 Å². The molecule has 98 valence electrons. The highest BCUT2D eigenvalue weighted by molar-refractivity contribution is 5.13. The van der Waals surface area contributed by atoms with Gasteiger partial charge in [0.1, 0.15) is 6.10 Å². The molecule has 4 nitrogen and oxygen atoms in total. The van der Waals surface area contributed by atoms with E-state index in [0.29, 0.717) is 31.6 Å². The van der Waals surface area contributed by atoms with Gasteiger partial charge >= 0.3 is 0 Å². The van der Waals surface area contributed by atoms with Gasteiger partial charge in [-0.05, 0) is 29.9 Å². The number of nitrogens with two attached hydrogens (primary N) is 1. The molecule has 2 aliphatic rings. The molecule has 0 bridgehead atoms. The molecule has 1 aromatic rings. The first-order valence-electron chi connectivity index (χ1n) is 6.46. The van der Waals surface area contributed by atoms with Gasteiger partial charge in [-0.15, -0.1) is 0 Å². The summed E-state index contributed by atoms with van der Waals surface area (Å²) in [5, 5.41) is 10.2. The first kappa shape index (κ1) is 12.1. The Kier molecular flexibility index (Phi) is 3.35. The molecule has 5 atom stereocenters. The van der Waals surface area contributed by atoms with Crippen molar-refractivity contribution in [2.45, 2.75) is 19.0 Å². The van der Waals surface area contributed by atoms with Crippen LogP contribution in [0.2, 0.25) is 0 Å². The number of benzene rings is 1. The lowest BCUT2D eigenvalue weighted by molar-refractivity contribution is -0.223. The molecule has 0 unspecified atom stereocenters. The molecule has 0 radical (unpaired) electrons.